The quantitative estimate of drug-likeness (QED) is 0.715. The van der Waals surface area contributed by atoms with Gasteiger partial charge in [-0.2, -0.15) is 0 Å². The van der Waals surface area contributed by atoms with Gasteiger partial charge in [-0.05, 0) is 49.7 Å². The van der Waals surface area contributed by atoms with Gasteiger partial charge in [0.15, 0.2) is 0 Å². The molecule has 114 valence electrons. The molecule has 0 aliphatic heterocycles. The van der Waals surface area contributed by atoms with Gasteiger partial charge < -0.3 is 4.90 Å². The van der Waals surface area contributed by atoms with Crippen LogP contribution in [0, 0.1) is 0 Å². The smallest absolute Gasteiger partial charge is 0.00101 e. The summed E-state index contributed by atoms with van der Waals surface area (Å²) in [6.45, 7) is 7.25. The Labute approximate surface area is 134 Å². The van der Waals surface area contributed by atoms with Gasteiger partial charge >= 0.3 is 0 Å². The zero-order chi connectivity index (χ0) is 15.9. The molecule has 0 atom stereocenters. The zero-order valence-electron chi connectivity index (χ0n) is 13.8. The van der Waals surface area contributed by atoms with Crippen molar-refractivity contribution in [2.45, 2.75) is 13.3 Å². The van der Waals surface area contributed by atoms with Gasteiger partial charge in [-0.3, -0.25) is 0 Å². The lowest BCUT2D eigenvalue weighted by atomic mass is 9.91. The van der Waals surface area contributed by atoms with Crippen molar-refractivity contribution in [2.75, 3.05) is 20.6 Å². The maximum absolute atomic E-state index is 4.14. The standard InChI is InChI=1S/C21H25N/c1-17(2)19-13-8-9-14-21(19)20(15-10-16-22(3)4)18-11-6-5-7-12-18/h5-9,11-15H,1,10,16H2,2-4H3. The highest BCUT2D eigenvalue weighted by Gasteiger charge is 2.09. The highest BCUT2D eigenvalue weighted by molar-refractivity contribution is 5.86. The monoisotopic (exact) mass is 291 g/mol. The molecule has 0 aromatic heterocycles. The van der Waals surface area contributed by atoms with Gasteiger partial charge in [-0.1, -0.05) is 72.8 Å². The second-order valence-electron chi connectivity index (χ2n) is 5.90. The van der Waals surface area contributed by atoms with Crippen LogP contribution in [0.1, 0.15) is 30.0 Å². The minimum Gasteiger partial charge on any atom is -0.309 e. The van der Waals surface area contributed by atoms with E-state index >= 15 is 0 Å². The molecule has 0 N–H and O–H groups in total. The van der Waals surface area contributed by atoms with Gasteiger partial charge in [0, 0.05) is 6.54 Å². The average molecular weight is 291 g/mol. The highest BCUT2D eigenvalue weighted by atomic mass is 15.0. The third-order valence-electron chi connectivity index (χ3n) is 3.69. The molecule has 0 spiro atoms. The SMILES string of the molecule is C=C(C)c1ccccc1C(=CCCN(C)C)c1ccccc1. The fraction of sp³-hybridized carbons (Fsp3) is 0.238. The summed E-state index contributed by atoms with van der Waals surface area (Å²) in [5.74, 6) is 0. The van der Waals surface area contributed by atoms with Crippen molar-refractivity contribution in [3.63, 3.8) is 0 Å². The lowest BCUT2D eigenvalue weighted by molar-refractivity contribution is 0.417. The molecule has 0 aliphatic carbocycles. The fourth-order valence-corrected chi connectivity index (χ4v) is 2.56. The van der Waals surface area contributed by atoms with Gasteiger partial charge in [-0.25, -0.2) is 0 Å². The molecule has 22 heavy (non-hydrogen) atoms. The van der Waals surface area contributed by atoms with E-state index in [1.54, 1.807) is 0 Å². The number of benzene rings is 2. The Bertz CT molecular complexity index is 651. The molecule has 2 rings (SSSR count). The normalized spacial score (nSPS) is 11.7. The van der Waals surface area contributed by atoms with E-state index < -0.39 is 0 Å². The van der Waals surface area contributed by atoms with Crippen LogP contribution < -0.4 is 0 Å². The molecule has 0 amide bonds. The van der Waals surface area contributed by atoms with E-state index in [0.29, 0.717) is 0 Å². The molecule has 0 bridgehead atoms. The van der Waals surface area contributed by atoms with Gasteiger partial charge in [0.1, 0.15) is 0 Å². The Morgan fingerprint density at radius 3 is 2.14 bits per heavy atom. The largest absolute Gasteiger partial charge is 0.309 e. The predicted molar refractivity (Wildman–Crippen MR) is 97.8 cm³/mol. The first-order valence-electron chi connectivity index (χ1n) is 7.75. The molecule has 0 fully saturated rings. The zero-order valence-corrected chi connectivity index (χ0v) is 13.8. The Kier molecular flexibility index (Phi) is 5.74. The Hall–Kier alpha value is -2.12. The summed E-state index contributed by atoms with van der Waals surface area (Å²) in [5, 5.41) is 0. The van der Waals surface area contributed by atoms with Crippen molar-refractivity contribution in [3.05, 3.63) is 83.9 Å². The molecule has 0 unspecified atom stereocenters. The second kappa shape index (κ2) is 7.77. The van der Waals surface area contributed by atoms with Gasteiger partial charge in [0.05, 0.1) is 0 Å². The Balaban J connectivity index is 2.47. The summed E-state index contributed by atoms with van der Waals surface area (Å²) >= 11 is 0. The highest BCUT2D eigenvalue weighted by Crippen LogP contribution is 2.29. The number of hydrogen-bond acceptors (Lipinski definition) is 1. The van der Waals surface area contributed by atoms with Gasteiger partial charge in [-0.15, -0.1) is 0 Å². The van der Waals surface area contributed by atoms with E-state index in [0.717, 1.165) is 18.5 Å². The van der Waals surface area contributed by atoms with Crippen molar-refractivity contribution >= 4 is 11.1 Å². The molecule has 1 heteroatoms. The summed E-state index contributed by atoms with van der Waals surface area (Å²) in [7, 11) is 4.22. The van der Waals surface area contributed by atoms with Crippen molar-refractivity contribution in [2.24, 2.45) is 0 Å². The van der Waals surface area contributed by atoms with E-state index in [1.165, 1.54) is 22.3 Å². The van der Waals surface area contributed by atoms with E-state index in [-0.39, 0.29) is 0 Å². The summed E-state index contributed by atoms with van der Waals surface area (Å²) in [6, 6.07) is 19.1. The molecule has 0 aliphatic rings. The second-order valence-corrected chi connectivity index (χ2v) is 5.90. The number of hydrogen-bond donors (Lipinski definition) is 0. The van der Waals surface area contributed by atoms with E-state index in [2.05, 4.69) is 93.2 Å². The predicted octanol–water partition coefficient (Wildman–Crippen LogP) is 5.10. The molecule has 0 radical (unpaired) electrons. The van der Waals surface area contributed by atoms with Crippen LogP contribution in [-0.2, 0) is 0 Å². The van der Waals surface area contributed by atoms with Crippen LogP contribution in [0.15, 0.2) is 67.3 Å². The molecule has 2 aromatic rings. The lowest BCUT2D eigenvalue weighted by Gasteiger charge is -2.15. The number of allylic oxidation sites excluding steroid dienone is 1. The Morgan fingerprint density at radius 2 is 1.55 bits per heavy atom. The van der Waals surface area contributed by atoms with E-state index in [4.69, 9.17) is 0 Å². The first kappa shape index (κ1) is 16.3. The van der Waals surface area contributed by atoms with Crippen LogP contribution in [-0.4, -0.2) is 25.5 Å². The van der Waals surface area contributed by atoms with E-state index in [1.807, 2.05) is 0 Å². The van der Waals surface area contributed by atoms with Crippen LogP contribution in [0.5, 0.6) is 0 Å². The average Bonchev–Trinajstić information content (AvgIpc) is 2.52. The molecule has 2 aromatic carbocycles. The summed E-state index contributed by atoms with van der Waals surface area (Å²) in [5.41, 5.74) is 6.14. The van der Waals surface area contributed by atoms with Gasteiger partial charge in [0.25, 0.3) is 0 Å². The maximum atomic E-state index is 4.14. The van der Waals surface area contributed by atoms with Crippen molar-refractivity contribution in [3.8, 4) is 0 Å². The summed E-state index contributed by atoms with van der Waals surface area (Å²) in [4.78, 5) is 2.21. The lowest BCUT2D eigenvalue weighted by Crippen LogP contribution is -2.12. The molecule has 0 saturated heterocycles. The summed E-state index contributed by atoms with van der Waals surface area (Å²) in [6.07, 6.45) is 3.37. The summed E-state index contributed by atoms with van der Waals surface area (Å²) < 4.78 is 0. The van der Waals surface area contributed by atoms with Crippen molar-refractivity contribution in [1.29, 1.82) is 0 Å². The molecule has 1 nitrogen and oxygen atoms in total. The molecule has 0 heterocycles. The first-order chi connectivity index (χ1) is 10.6. The number of nitrogens with zero attached hydrogens (tertiary/aromatic N) is 1. The van der Waals surface area contributed by atoms with Crippen LogP contribution in [0.3, 0.4) is 0 Å². The first-order valence-corrected chi connectivity index (χ1v) is 7.75. The fourth-order valence-electron chi connectivity index (χ4n) is 2.56. The van der Waals surface area contributed by atoms with Crippen LogP contribution >= 0.6 is 0 Å². The van der Waals surface area contributed by atoms with Gasteiger partial charge in [0.2, 0.25) is 0 Å². The molecular formula is C21H25N. The third kappa shape index (κ3) is 4.19. The van der Waals surface area contributed by atoms with Crippen molar-refractivity contribution in [1.82, 2.24) is 4.90 Å². The third-order valence-corrected chi connectivity index (χ3v) is 3.69. The minimum absolute atomic E-state index is 1.03. The van der Waals surface area contributed by atoms with Crippen LogP contribution in [0.2, 0.25) is 0 Å². The molecule has 0 saturated carbocycles. The number of rotatable bonds is 6. The van der Waals surface area contributed by atoms with Crippen LogP contribution in [0.25, 0.3) is 11.1 Å². The van der Waals surface area contributed by atoms with E-state index in [9.17, 15) is 0 Å². The maximum Gasteiger partial charge on any atom is 0.00101 e. The van der Waals surface area contributed by atoms with Crippen molar-refractivity contribution < 1.29 is 0 Å². The minimum atomic E-state index is 1.03. The topological polar surface area (TPSA) is 3.24 Å². The Morgan fingerprint density at radius 1 is 0.955 bits per heavy atom. The molecular weight excluding hydrogens is 266 g/mol. The van der Waals surface area contributed by atoms with Crippen LogP contribution in [0.4, 0.5) is 0 Å².